The molecule has 0 radical (unpaired) electrons. The molecule has 0 bridgehead atoms. The van der Waals surface area contributed by atoms with Crippen LogP contribution in [0.4, 0.5) is 23.2 Å². The Morgan fingerprint density at radius 3 is 2.14 bits per heavy atom. The first kappa shape index (κ1) is 16.0. The first-order valence-corrected chi connectivity index (χ1v) is 6.86. The van der Waals surface area contributed by atoms with E-state index in [0.717, 1.165) is 0 Å². The predicted octanol–water partition coefficient (Wildman–Crippen LogP) is 4.75. The third-order valence-corrected chi connectivity index (χ3v) is 4.10. The molecule has 0 saturated carbocycles. The zero-order valence-electron chi connectivity index (χ0n) is 9.99. The normalized spacial score (nSPS) is 10.6. The molecular weight excluding hydrogens is 424 g/mol. The number of amides is 1. The standard InChI is InChI=1S/C13H5ClF4INO/c14-6-3-5(1-2-9(6)19)13(21)20-12-10(17)7(15)4-8(16)11(12)18/h1-4H,(H,20,21). The van der Waals surface area contributed by atoms with Gasteiger partial charge in [-0.05, 0) is 40.8 Å². The van der Waals surface area contributed by atoms with Crippen LogP contribution in [0.15, 0.2) is 24.3 Å². The van der Waals surface area contributed by atoms with Crippen molar-refractivity contribution in [1.29, 1.82) is 0 Å². The molecule has 1 N–H and O–H groups in total. The molecule has 21 heavy (non-hydrogen) atoms. The zero-order chi connectivity index (χ0) is 15.7. The van der Waals surface area contributed by atoms with Crippen molar-refractivity contribution in [3.63, 3.8) is 0 Å². The molecule has 2 rings (SSSR count). The van der Waals surface area contributed by atoms with Gasteiger partial charge in [0.25, 0.3) is 5.91 Å². The largest absolute Gasteiger partial charge is 0.317 e. The molecule has 2 aromatic rings. The van der Waals surface area contributed by atoms with Gasteiger partial charge >= 0.3 is 0 Å². The molecule has 0 aliphatic rings. The number of carbonyl (C=O) groups excluding carboxylic acids is 1. The Balaban J connectivity index is 2.38. The van der Waals surface area contributed by atoms with Crippen molar-refractivity contribution in [2.75, 3.05) is 5.32 Å². The summed E-state index contributed by atoms with van der Waals surface area (Å²) in [4.78, 5) is 11.9. The third-order valence-electron chi connectivity index (χ3n) is 2.53. The lowest BCUT2D eigenvalue weighted by atomic mass is 10.2. The summed E-state index contributed by atoms with van der Waals surface area (Å²) >= 11 is 7.74. The van der Waals surface area contributed by atoms with Crippen molar-refractivity contribution in [2.24, 2.45) is 0 Å². The van der Waals surface area contributed by atoms with Gasteiger partial charge in [-0.25, -0.2) is 17.6 Å². The topological polar surface area (TPSA) is 29.1 Å². The predicted molar refractivity (Wildman–Crippen MR) is 78.4 cm³/mol. The van der Waals surface area contributed by atoms with E-state index >= 15 is 0 Å². The number of anilines is 1. The molecule has 0 heterocycles. The van der Waals surface area contributed by atoms with Crippen LogP contribution in [-0.2, 0) is 0 Å². The van der Waals surface area contributed by atoms with Crippen LogP contribution in [0, 0.1) is 26.8 Å². The van der Waals surface area contributed by atoms with Gasteiger partial charge in [0.05, 0.1) is 5.02 Å². The molecule has 8 heteroatoms. The average Bonchev–Trinajstić information content (AvgIpc) is 2.44. The van der Waals surface area contributed by atoms with Crippen molar-refractivity contribution in [3.05, 3.63) is 61.7 Å². The highest BCUT2D eigenvalue weighted by atomic mass is 127. The van der Waals surface area contributed by atoms with Gasteiger partial charge in [0.15, 0.2) is 23.3 Å². The van der Waals surface area contributed by atoms with Crippen LogP contribution in [-0.4, -0.2) is 5.91 Å². The molecule has 0 atom stereocenters. The van der Waals surface area contributed by atoms with E-state index in [1.54, 1.807) is 5.32 Å². The Hall–Kier alpha value is -1.35. The highest BCUT2D eigenvalue weighted by molar-refractivity contribution is 14.1. The van der Waals surface area contributed by atoms with Gasteiger partial charge in [0.1, 0.15) is 5.69 Å². The third kappa shape index (κ3) is 3.29. The van der Waals surface area contributed by atoms with E-state index in [-0.39, 0.29) is 16.7 Å². The molecule has 0 spiro atoms. The van der Waals surface area contributed by atoms with Crippen LogP contribution in [0.5, 0.6) is 0 Å². The number of hydrogen-bond acceptors (Lipinski definition) is 1. The van der Waals surface area contributed by atoms with Gasteiger partial charge < -0.3 is 5.32 Å². The Labute approximate surface area is 135 Å². The number of hydrogen-bond donors (Lipinski definition) is 1. The summed E-state index contributed by atoms with van der Waals surface area (Å²) in [5.74, 6) is -7.52. The van der Waals surface area contributed by atoms with E-state index in [4.69, 9.17) is 11.6 Å². The molecule has 2 nitrogen and oxygen atoms in total. The summed E-state index contributed by atoms with van der Waals surface area (Å²) in [5.41, 5.74) is -1.20. The number of halogens is 6. The lowest BCUT2D eigenvalue weighted by molar-refractivity contribution is 0.102. The fourth-order valence-corrected chi connectivity index (χ4v) is 2.02. The lowest BCUT2D eigenvalue weighted by Crippen LogP contribution is -2.16. The Bertz CT molecular complexity index is 712. The summed E-state index contributed by atoms with van der Waals surface area (Å²) in [7, 11) is 0. The average molecular weight is 430 g/mol. The summed E-state index contributed by atoms with van der Waals surface area (Å²) in [6.07, 6.45) is 0. The SMILES string of the molecule is O=C(Nc1c(F)c(F)cc(F)c1F)c1ccc(I)c(Cl)c1. The summed E-state index contributed by atoms with van der Waals surface area (Å²) < 4.78 is 53.6. The number of carbonyl (C=O) groups is 1. The fourth-order valence-electron chi connectivity index (χ4n) is 1.51. The second-order valence-corrected chi connectivity index (χ2v) is 5.50. The van der Waals surface area contributed by atoms with Crippen LogP contribution < -0.4 is 5.32 Å². The van der Waals surface area contributed by atoms with E-state index in [1.807, 2.05) is 22.6 Å². The first-order valence-electron chi connectivity index (χ1n) is 5.40. The molecule has 0 aliphatic carbocycles. The van der Waals surface area contributed by atoms with E-state index in [1.165, 1.54) is 18.2 Å². The quantitative estimate of drug-likeness (QED) is 0.417. The van der Waals surface area contributed by atoms with Crippen molar-refractivity contribution < 1.29 is 22.4 Å². The van der Waals surface area contributed by atoms with Gasteiger partial charge in [0, 0.05) is 15.2 Å². The molecule has 110 valence electrons. The van der Waals surface area contributed by atoms with Gasteiger partial charge in [-0.2, -0.15) is 0 Å². The second-order valence-electron chi connectivity index (χ2n) is 3.93. The number of benzene rings is 2. The van der Waals surface area contributed by atoms with Crippen LogP contribution in [0.2, 0.25) is 5.02 Å². The Kier molecular flexibility index (Phi) is 4.72. The minimum atomic E-state index is -1.68. The van der Waals surface area contributed by atoms with Gasteiger partial charge in [-0.3, -0.25) is 4.79 Å². The summed E-state index contributed by atoms with van der Waals surface area (Å²) in [6.45, 7) is 0. The van der Waals surface area contributed by atoms with E-state index in [0.29, 0.717) is 3.57 Å². The van der Waals surface area contributed by atoms with Crippen molar-refractivity contribution in [1.82, 2.24) is 0 Å². The van der Waals surface area contributed by atoms with Gasteiger partial charge in [-0.15, -0.1) is 0 Å². The fraction of sp³-hybridized carbons (Fsp3) is 0. The molecule has 0 aromatic heterocycles. The maximum atomic E-state index is 13.4. The zero-order valence-corrected chi connectivity index (χ0v) is 12.9. The van der Waals surface area contributed by atoms with Gasteiger partial charge in [-0.1, -0.05) is 11.6 Å². The molecule has 1 amide bonds. The second kappa shape index (κ2) is 6.18. The van der Waals surface area contributed by atoms with Crippen molar-refractivity contribution >= 4 is 45.8 Å². The number of rotatable bonds is 2. The highest BCUT2D eigenvalue weighted by Crippen LogP contribution is 2.25. The monoisotopic (exact) mass is 429 g/mol. The summed E-state index contributed by atoms with van der Waals surface area (Å²) in [5, 5.41) is 2.05. The molecular formula is C13H5ClF4INO. The first-order chi connectivity index (χ1) is 9.81. The molecule has 0 aliphatic heterocycles. The molecule has 2 aromatic carbocycles. The summed E-state index contributed by atoms with van der Waals surface area (Å²) in [6, 6.07) is 4.19. The highest BCUT2D eigenvalue weighted by Gasteiger charge is 2.21. The Morgan fingerprint density at radius 2 is 1.62 bits per heavy atom. The van der Waals surface area contributed by atoms with Crippen LogP contribution in [0.3, 0.4) is 0 Å². The van der Waals surface area contributed by atoms with Gasteiger partial charge in [0.2, 0.25) is 0 Å². The van der Waals surface area contributed by atoms with Crippen molar-refractivity contribution in [3.8, 4) is 0 Å². The Morgan fingerprint density at radius 1 is 1.05 bits per heavy atom. The van der Waals surface area contributed by atoms with E-state index in [9.17, 15) is 22.4 Å². The molecule has 0 unspecified atom stereocenters. The van der Waals surface area contributed by atoms with Crippen LogP contribution in [0.1, 0.15) is 10.4 Å². The van der Waals surface area contributed by atoms with Crippen LogP contribution in [0.25, 0.3) is 0 Å². The molecule has 0 saturated heterocycles. The maximum Gasteiger partial charge on any atom is 0.255 e. The smallest absolute Gasteiger partial charge is 0.255 e. The number of nitrogens with one attached hydrogen (secondary N) is 1. The lowest BCUT2D eigenvalue weighted by Gasteiger charge is -2.09. The minimum Gasteiger partial charge on any atom is -0.317 e. The van der Waals surface area contributed by atoms with Crippen LogP contribution >= 0.6 is 34.2 Å². The van der Waals surface area contributed by atoms with Crippen molar-refractivity contribution in [2.45, 2.75) is 0 Å². The molecule has 0 fully saturated rings. The van der Waals surface area contributed by atoms with E-state index in [2.05, 4.69) is 0 Å². The van der Waals surface area contributed by atoms with E-state index < -0.39 is 34.9 Å². The maximum absolute atomic E-state index is 13.4. The minimum absolute atomic E-state index is 0.0103.